The minimum atomic E-state index is -1.02. The van der Waals surface area contributed by atoms with Gasteiger partial charge < -0.3 is 9.84 Å². The first kappa shape index (κ1) is 14.9. The average Bonchev–Trinajstić information content (AvgIpc) is 2.42. The van der Waals surface area contributed by atoms with Crippen molar-refractivity contribution < 1.29 is 23.5 Å². The van der Waals surface area contributed by atoms with Gasteiger partial charge in [-0.3, -0.25) is 10.1 Å². The molecule has 0 saturated heterocycles. The van der Waals surface area contributed by atoms with Crippen molar-refractivity contribution in [3.05, 3.63) is 63.7 Å². The summed E-state index contributed by atoms with van der Waals surface area (Å²) in [7, 11) is 0. The van der Waals surface area contributed by atoms with Gasteiger partial charge in [0.2, 0.25) is 0 Å². The van der Waals surface area contributed by atoms with E-state index in [-0.39, 0.29) is 17.1 Å². The number of aliphatic hydroxyl groups is 1. The molecule has 0 radical (unpaired) electrons. The van der Waals surface area contributed by atoms with Crippen molar-refractivity contribution in [3.63, 3.8) is 0 Å². The third kappa shape index (κ3) is 3.32. The summed E-state index contributed by atoms with van der Waals surface area (Å²) < 4.78 is 32.2. The Morgan fingerprint density at radius 3 is 2.43 bits per heavy atom. The van der Waals surface area contributed by atoms with Gasteiger partial charge in [-0.05, 0) is 31.2 Å². The summed E-state index contributed by atoms with van der Waals surface area (Å²) in [5, 5.41) is 20.1. The van der Waals surface area contributed by atoms with E-state index in [4.69, 9.17) is 4.74 Å². The maximum atomic E-state index is 13.7. The summed E-state index contributed by atoms with van der Waals surface area (Å²) >= 11 is 0. The maximum Gasteiger partial charge on any atom is 0.272 e. The van der Waals surface area contributed by atoms with Crippen LogP contribution in [0.4, 0.5) is 14.5 Å². The second-order valence-corrected chi connectivity index (χ2v) is 4.33. The fraction of sp³-hybridized carbons (Fsp3) is 0.143. The molecule has 5 nitrogen and oxygen atoms in total. The Kier molecular flexibility index (Phi) is 4.13. The van der Waals surface area contributed by atoms with E-state index >= 15 is 0 Å². The number of halogens is 2. The van der Waals surface area contributed by atoms with Crippen LogP contribution in [-0.4, -0.2) is 10.0 Å². The molecule has 2 aromatic rings. The Morgan fingerprint density at radius 2 is 1.86 bits per heavy atom. The standard InChI is InChI=1S/C14H11F2NO4/c1-8(18)11-6-9(15)2-4-13(11)21-14-5-3-10(17(19)20)7-12(14)16/h2-8,18H,1H3. The van der Waals surface area contributed by atoms with Crippen LogP contribution in [0.25, 0.3) is 0 Å². The Balaban J connectivity index is 2.36. The van der Waals surface area contributed by atoms with E-state index < -0.39 is 28.3 Å². The summed E-state index contributed by atoms with van der Waals surface area (Å²) in [6, 6.07) is 6.33. The van der Waals surface area contributed by atoms with E-state index in [1.807, 2.05) is 0 Å². The first-order chi connectivity index (χ1) is 9.88. The van der Waals surface area contributed by atoms with Crippen LogP contribution in [0.1, 0.15) is 18.6 Å². The van der Waals surface area contributed by atoms with Crippen LogP contribution in [0.2, 0.25) is 0 Å². The number of aliphatic hydroxyl groups excluding tert-OH is 1. The predicted molar refractivity (Wildman–Crippen MR) is 70.2 cm³/mol. The molecule has 0 heterocycles. The zero-order valence-corrected chi connectivity index (χ0v) is 10.9. The number of benzene rings is 2. The first-order valence-electron chi connectivity index (χ1n) is 5.98. The number of nitro benzene ring substituents is 1. The molecule has 0 aromatic heterocycles. The normalized spacial score (nSPS) is 12.0. The lowest BCUT2D eigenvalue weighted by Gasteiger charge is -2.13. The summed E-state index contributed by atoms with van der Waals surface area (Å²) in [5.74, 6) is -1.68. The highest BCUT2D eigenvalue weighted by molar-refractivity contribution is 5.43. The Morgan fingerprint density at radius 1 is 1.19 bits per heavy atom. The van der Waals surface area contributed by atoms with Gasteiger partial charge in [-0.1, -0.05) is 0 Å². The number of nitro groups is 1. The highest BCUT2D eigenvalue weighted by Crippen LogP contribution is 2.32. The van der Waals surface area contributed by atoms with E-state index in [0.717, 1.165) is 30.3 Å². The Bertz CT molecular complexity index is 689. The highest BCUT2D eigenvalue weighted by Gasteiger charge is 2.16. The number of rotatable bonds is 4. The Labute approximate surface area is 118 Å². The van der Waals surface area contributed by atoms with Gasteiger partial charge in [0, 0.05) is 11.6 Å². The molecule has 2 rings (SSSR count). The van der Waals surface area contributed by atoms with Crippen LogP contribution in [0, 0.1) is 21.7 Å². The van der Waals surface area contributed by atoms with Crippen LogP contribution in [0.15, 0.2) is 36.4 Å². The smallest absolute Gasteiger partial charge is 0.272 e. The molecule has 0 fully saturated rings. The van der Waals surface area contributed by atoms with Gasteiger partial charge in [-0.25, -0.2) is 8.78 Å². The molecule has 0 amide bonds. The van der Waals surface area contributed by atoms with E-state index in [2.05, 4.69) is 0 Å². The van der Waals surface area contributed by atoms with E-state index in [1.54, 1.807) is 0 Å². The summed E-state index contributed by atoms with van der Waals surface area (Å²) in [6.45, 7) is 1.41. The predicted octanol–water partition coefficient (Wildman–Crippen LogP) is 3.72. The molecule has 2 aromatic carbocycles. The number of non-ortho nitro benzene ring substituents is 1. The zero-order chi connectivity index (χ0) is 15.6. The summed E-state index contributed by atoms with van der Waals surface area (Å²) in [4.78, 5) is 9.80. The largest absolute Gasteiger partial charge is 0.454 e. The molecule has 0 bridgehead atoms. The van der Waals surface area contributed by atoms with Gasteiger partial charge in [-0.15, -0.1) is 0 Å². The molecule has 7 heteroatoms. The van der Waals surface area contributed by atoms with Crippen LogP contribution in [0.5, 0.6) is 11.5 Å². The third-order valence-corrected chi connectivity index (χ3v) is 2.77. The van der Waals surface area contributed by atoms with E-state index in [0.29, 0.717) is 0 Å². The van der Waals surface area contributed by atoms with Crippen molar-refractivity contribution in [2.45, 2.75) is 13.0 Å². The summed E-state index contributed by atoms with van der Waals surface area (Å²) in [6.07, 6.45) is -1.02. The first-order valence-corrected chi connectivity index (χ1v) is 5.98. The minimum Gasteiger partial charge on any atom is -0.454 e. The molecule has 0 spiro atoms. The van der Waals surface area contributed by atoms with Crippen molar-refractivity contribution in [1.82, 2.24) is 0 Å². The zero-order valence-electron chi connectivity index (χ0n) is 10.9. The van der Waals surface area contributed by atoms with Gasteiger partial charge in [0.25, 0.3) is 5.69 Å². The lowest BCUT2D eigenvalue weighted by molar-refractivity contribution is -0.385. The second-order valence-electron chi connectivity index (χ2n) is 4.33. The number of nitrogens with zero attached hydrogens (tertiary/aromatic N) is 1. The number of hydrogen-bond acceptors (Lipinski definition) is 4. The SMILES string of the molecule is CC(O)c1cc(F)ccc1Oc1ccc([N+](=O)[O-])cc1F. The Hall–Kier alpha value is -2.54. The van der Waals surface area contributed by atoms with Gasteiger partial charge in [-0.2, -0.15) is 0 Å². The van der Waals surface area contributed by atoms with Crippen LogP contribution >= 0.6 is 0 Å². The molecule has 110 valence electrons. The quantitative estimate of drug-likeness (QED) is 0.689. The number of hydrogen-bond donors (Lipinski definition) is 1. The van der Waals surface area contributed by atoms with Crippen LogP contribution < -0.4 is 4.74 Å². The lowest BCUT2D eigenvalue weighted by Crippen LogP contribution is -1.98. The van der Waals surface area contributed by atoms with Crippen molar-refractivity contribution in [1.29, 1.82) is 0 Å². The van der Waals surface area contributed by atoms with Crippen LogP contribution in [0.3, 0.4) is 0 Å². The molecule has 21 heavy (non-hydrogen) atoms. The van der Waals surface area contributed by atoms with Crippen molar-refractivity contribution >= 4 is 5.69 Å². The second kappa shape index (κ2) is 5.84. The number of ether oxygens (including phenoxy) is 1. The monoisotopic (exact) mass is 295 g/mol. The van der Waals surface area contributed by atoms with Gasteiger partial charge in [0.05, 0.1) is 17.1 Å². The molecule has 0 aliphatic carbocycles. The molecular weight excluding hydrogens is 284 g/mol. The van der Waals surface area contributed by atoms with E-state index in [9.17, 15) is 24.0 Å². The van der Waals surface area contributed by atoms with Crippen molar-refractivity contribution in [2.24, 2.45) is 0 Å². The molecule has 1 atom stereocenters. The van der Waals surface area contributed by atoms with Gasteiger partial charge in [0.1, 0.15) is 11.6 Å². The third-order valence-electron chi connectivity index (χ3n) is 2.77. The van der Waals surface area contributed by atoms with Crippen molar-refractivity contribution in [3.8, 4) is 11.5 Å². The fourth-order valence-electron chi connectivity index (χ4n) is 1.74. The van der Waals surface area contributed by atoms with Crippen LogP contribution in [-0.2, 0) is 0 Å². The molecule has 0 aliphatic rings. The topological polar surface area (TPSA) is 72.6 Å². The van der Waals surface area contributed by atoms with E-state index in [1.165, 1.54) is 13.0 Å². The van der Waals surface area contributed by atoms with Crippen molar-refractivity contribution in [2.75, 3.05) is 0 Å². The molecule has 1 unspecified atom stereocenters. The average molecular weight is 295 g/mol. The van der Waals surface area contributed by atoms with Gasteiger partial charge >= 0.3 is 0 Å². The molecular formula is C14H11F2NO4. The minimum absolute atomic E-state index is 0.0687. The maximum absolute atomic E-state index is 13.7. The lowest BCUT2D eigenvalue weighted by atomic mass is 10.1. The summed E-state index contributed by atoms with van der Waals surface area (Å²) in [5.41, 5.74) is -0.262. The molecule has 0 aliphatic heterocycles. The highest BCUT2D eigenvalue weighted by atomic mass is 19.1. The molecule has 1 N–H and O–H groups in total. The molecule has 0 saturated carbocycles. The fourth-order valence-corrected chi connectivity index (χ4v) is 1.74. The van der Waals surface area contributed by atoms with Gasteiger partial charge in [0.15, 0.2) is 11.6 Å².